The van der Waals surface area contributed by atoms with Gasteiger partial charge in [0.1, 0.15) is 0 Å². The van der Waals surface area contributed by atoms with Crippen molar-refractivity contribution in [3.05, 3.63) is 0 Å². The first-order chi connectivity index (χ1) is 5.12. The van der Waals surface area contributed by atoms with Gasteiger partial charge in [0.25, 0.3) is 0 Å². The first kappa shape index (κ1) is 10.0. The molecule has 0 heterocycles. The maximum atomic E-state index is 8.63. The molecule has 0 aromatic rings. The average Bonchev–Trinajstić information content (AvgIpc) is 1.99. The fourth-order valence-corrected chi connectivity index (χ4v) is 0.617. The highest BCUT2D eigenvalue weighted by atomic mass is 14.8. The minimum atomic E-state index is -0.235. The zero-order valence-corrected chi connectivity index (χ0v) is 7.15. The lowest BCUT2D eigenvalue weighted by Crippen LogP contribution is -2.21. The van der Waals surface area contributed by atoms with E-state index in [1.54, 1.807) is 0 Å². The molecule has 2 heteroatoms. The molecule has 0 aliphatic carbocycles. The molecule has 0 aromatic heterocycles. The van der Waals surface area contributed by atoms with Crippen LogP contribution in [0.1, 0.15) is 20.3 Å². The van der Waals surface area contributed by atoms with Gasteiger partial charge in [-0.05, 0) is 26.8 Å². The minimum Gasteiger partial charge on any atom is -0.306 e. The summed E-state index contributed by atoms with van der Waals surface area (Å²) in [6, 6.07) is 2.23. The third-order valence-corrected chi connectivity index (χ3v) is 1.46. The maximum Gasteiger partial charge on any atom is 0.0684 e. The molecule has 11 heavy (non-hydrogen) atoms. The van der Waals surface area contributed by atoms with Gasteiger partial charge in [-0.25, -0.2) is 0 Å². The molecule has 1 N–H and O–H groups in total. The quantitative estimate of drug-likeness (QED) is 0.482. The van der Waals surface area contributed by atoms with Crippen molar-refractivity contribution < 1.29 is 0 Å². The van der Waals surface area contributed by atoms with Crippen molar-refractivity contribution in [3.8, 4) is 18.4 Å². The van der Waals surface area contributed by atoms with Crippen LogP contribution in [0.15, 0.2) is 0 Å². The number of rotatable bonds is 4. The van der Waals surface area contributed by atoms with Gasteiger partial charge >= 0.3 is 0 Å². The van der Waals surface area contributed by atoms with Crippen LogP contribution in [-0.4, -0.2) is 13.1 Å². The molecular weight excluding hydrogens is 136 g/mol. The summed E-state index contributed by atoms with van der Waals surface area (Å²) in [6.07, 6.45) is 5.87. The van der Waals surface area contributed by atoms with Gasteiger partial charge in [0.15, 0.2) is 0 Å². The van der Waals surface area contributed by atoms with E-state index in [4.69, 9.17) is 11.7 Å². The predicted octanol–water partition coefficient (Wildman–Crippen LogP) is 1.15. The van der Waals surface area contributed by atoms with Crippen LogP contribution < -0.4 is 5.32 Å². The van der Waals surface area contributed by atoms with Crippen molar-refractivity contribution in [1.82, 2.24) is 5.32 Å². The van der Waals surface area contributed by atoms with Crippen LogP contribution in [0, 0.1) is 29.1 Å². The Morgan fingerprint density at radius 2 is 2.18 bits per heavy atom. The van der Waals surface area contributed by atoms with Gasteiger partial charge in [0.05, 0.1) is 18.0 Å². The molecule has 2 nitrogen and oxygen atoms in total. The van der Waals surface area contributed by atoms with Crippen molar-refractivity contribution in [2.24, 2.45) is 5.41 Å². The minimum absolute atomic E-state index is 0.235. The van der Waals surface area contributed by atoms with Crippen LogP contribution in [0.4, 0.5) is 0 Å². The molecule has 0 aliphatic heterocycles. The lowest BCUT2D eigenvalue weighted by atomic mass is 9.92. The summed E-state index contributed by atoms with van der Waals surface area (Å²) >= 11 is 0. The van der Waals surface area contributed by atoms with Gasteiger partial charge in [0, 0.05) is 0 Å². The van der Waals surface area contributed by atoms with Gasteiger partial charge in [-0.2, -0.15) is 5.26 Å². The van der Waals surface area contributed by atoms with Gasteiger partial charge in [-0.15, -0.1) is 6.42 Å². The van der Waals surface area contributed by atoms with Crippen molar-refractivity contribution in [1.29, 1.82) is 5.26 Å². The molecule has 0 amide bonds. The van der Waals surface area contributed by atoms with E-state index in [2.05, 4.69) is 17.3 Å². The van der Waals surface area contributed by atoms with E-state index in [1.165, 1.54) is 0 Å². The number of nitrogens with zero attached hydrogens (tertiary/aromatic N) is 1. The van der Waals surface area contributed by atoms with Crippen LogP contribution in [0.5, 0.6) is 0 Å². The summed E-state index contributed by atoms with van der Waals surface area (Å²) in [5.41, 5.74) is -0.235. The van der Waals surface area contributed by atoms with E-state index in [1.807, 2.05) is 13.8 Å². The highest BCUT2D eigenvalue weighted by molar-refractivity contribution is 4.92. The molecular formula is C9H14N2. The van der Waals surface area contributed by atoms with Gasteiger partial charge < -0.3 is 5.32 Å². The number of nitriles is 1. The van der Waals surface area contributed by atoms with E-state index < -0.39 is 0 Å². The monoisotopic (exact) mass is 150 g/mol. The lowest BCUT2D eigenvalue weighted by molar-refractivity contribution is 0.439. The maximum absolute atomic E-state index is 8.63. The summed E-state index contributed by atoms with van der Waals surface area (Å²) in [7, 11) is 0. The summed E-state index contributed by atoms with van der Waals surface area (Å²) in [4.78, 5) is 0. The largest absolute Gasteiger partial charge is 0.306 e. The highest BCUT2D eigenvalue weighted by Crippen LogP contribution is 2.16. The molecule has 0 saturated carbocycles. The summed E-state index contributed by atoms with van der Waals surface area (Å²) < 4.78 is 0. The Morgan fingerprint density at radius 3 is 2.64 bits per heavy atom. The molecule has 0 bridgehead atoms. The van der Waals surface area contributed by atoms with E-state index in [0.29, 0.717) is 6.54 Å². The van der Waals surface area contributed by atoms with E-state index in [9.17, 15) is 0 Å². The fourth-order valence-electron chi connectivity index (χ4n) is 0.617. The Morgan fingerprint density at radius 1 is 1.55 bits per heavy atom. The molecule has 0 spiro atoms. The molecule has 0 unspecified atom stereocenters. The second-order valence-electron chi connectivity index (χ2n) is 3.13. The predicted molar refractivity (Wildman–Crippen MR) is 45.7 cm³/mol. The molecule has 0 aromatic carbocycles. The SMILES string of the molecule is C#CCNCCC(C)(C)C#N. The average molecular weight is 150 g/mol. The second-order valence-corrected chi connectivity index (χ2v) is 3.13. The van der Waals surface area contributed by atoms with Crippen LogP contribution in [0.2, 0.25) is 0 Å². The van der Waals surface area contributed by atoms with Crippen molar-refractivity contribution in [2.75, 3.05) is 13.1 Å². The van der Waals surface area contributed by atoms with E-state index in [0.717, 1.165) is 13.0 Å². The van der Waals surface area contributed by atoms with Crippen LogP contribution in [0.25, 0.3) is 0 Å². The van der Waals surface area contributed by atoms with Crippen LogP contribution in [0.3, 0.4) is 0 Å². The zero-order valence-electron chi connectivity index (χ0n) is 7.15. The van der Waals surface area contributed by atoms with Crippen molar-refractivity contribution >= 4 is 0 Å². The Hall–Kier alpha value is -0.990. The zero-order chi connectivity index (χ0) is 8.74. The standard InChI is InChI=1S/C9H14N2/c1-4-6-11-7-5-9(2,3)8-10/h1,11H,5-7H2,2-3H3. The molecule has 0 radical (unpaired) electrons. The first-order valence-corrected chi connectivity index (χ1v) is 3.68. The van der Waals surface area contributed by atoms with E-state index in [-0.39, 0.29) is 5.41 Å². The van der Waals surface area contributed by atoms with Crippen molar-refractivity contribution in [3.63, 3.8) is 0 Å². The third-order valence-electron chi connectivity index (χ3n) is 1.46. The summed E-state index contributed by atoms with van der Waals surface area (Å²) in [5, 5.41) is 11.7. The summed E-state index contributed by atoms with van der Waals surface area (Å²) in [6.45, 7) is 5.24. The Labute approximate surface area is 68.6 Å². The van der Waals surface area contributed by atoms with Gasteiger partial charge in [-0.1, -0.05) is 5.92 Å². The number of hydrogen-bond donors (Lipinski definition) is 1. The molecule has 0 fully saturated rings. The van der Waals surface area contributed by atoms with Crippen molar-refractivity contribution in [2.45, 2.75) is 20.3 Å². The fraction of sp³-hybridized carbons (Fsp3) is 0.667. The number of terminal acetylenes is 1. The number of nitrogens with one attached hydrogen (secondary N) is 1. The second kappa shape index (κ2) is 4.77. The Balaban J connectivity index is 3.42. The molecule has 0 saturated heterocycles. The number of hydrogen-bond acceptors (Lipinski definition) is 2. The van der Waals surface area contributed by atoms with E-state index >= 15 is 0 Å². The normalized spacial score (nSPS) is 10.2. The van der Waals surface area contributed by atoms with Crippen LogP contribution >= 0.6 is 0 Å². The molecule has 0 rings (SSSR count). The topological polar surface area (TPSA) is 35.8 Å². The van der Waals surface area contributed by atoms with Gasteiger partial charge in [0.2, 0.25) is 0 Å². The Kier molecular flexibility index (Phi) is 4.34. The molecule has 60 valence electrons. The first-order valence-electron chi connectivity index (χ1n) is 3.68. The Bertz CT molecular complexity index is 181. The molecule has 0 aliphatic rings. The van der Waals surface area contributed by atoms with Gasteiger partial charge in [-0.3, -0.25) is 0 Å². The summed E-state index contributed by atoms with van der Waals surface area (Å²) in [5.74, 6) is 2.48. The highest BCUT2D eigenvalue weighted by Gasteiger charge is 2.14. The smallest absolute Gasteiger partial charge is 0.0684 e. The van der Waals surface area contributed by atoms with Crippen LogP contribution in [-0.2, 0) is 0 Å². The lowest BCUT2D eigenvalue weighted by Gasteiger charge is -2.13. The third kappa shape index (κ3) is 5.45. The molecule has 0 atom stereocenters.